The first-order chi connectivity index (χ1) is 11.7. The maximum atomic E-state index is 13.9. The molecule has 0 radical (unpaired) electrons. The summed E-state index contributed by atoms with van der Waals surface area (Å²) in [5, 5.41) is 0. The minimum absolute atomic E-state index is 0.230. The molecule has 2 aromatic rings. The van der Waals surface area contributed by atoms with Crippen molar-refractivity contribution in [3.05, 3.63) is 60.2 Å². The van der Waals surface area contributed by atoms with Gasteiger partial charge in [-0.15, -0.1) is 0 Å². The molecule has 0 spiro atoms. The van der Waals surface area contributed by atoms with Crippen molar-refractivity contribution in [2.75, 3.05) is 29.1 Å². The highest BCUT2D eigenvalue weighted by molar-refractivity contribution is 7.92. The molecule has 0 aliphatic carbocycles. The molecular formula is C17H18F2N2O3S. The highest BCUT2D eigenvalue weighted by Crippen LogP contribution is 2.26. The van der Waals surface area contributed by atoms with Crippen molar-refractivity contribution in [2.45, 2.75) is 6.42 Å². The third-order valence-corrected chi connectivity index (χ3v) is 4.80. The predicted octanol–water partition coefficient (Wildman–Crippen LogP) is 2.78. The average molecular weight is 368 g/mol. The standard InChI is InChI=1S/C17H18F2N2O3S/c1-20(13-7-4-3-5-8-13)16(22)11-12-21(25(2,23)24)17-14(18)9-6-10-15(17)19/h3-10H,11-12H2,1-2H3. The summed E-state index contributed by atoms with van der Waals surface area (Å²) < 4.78 is 52.4. The predicted molar refractivity (Wildman–Crippen MR) is 93.0 cm³/mol. The van der Waals surface area contributed by atoms with Gasteiger partial charge in [0.05, 0.1) is 6.26 Å². The summed E-state index contributed by atoms with van der Waals surface area (Å²) in [6.07, 6.45) is 0.608. The van der Waals surface area contributed by atoms with E-state index in [4.69, 9.17) is 0 Å². The Kier molecular flexibility index (Phi) is 5.73. The molecule has 0 aliphatic rings. The fourth-order valence-corrected chi connectivity index (χ4v) is 3.26. The van der Waals surface area contributed by atoms with E-state index >= 15 is 0 Å². The SMILES string of the molecule is CN(C(=O)CCN(c1c(F)cccc1F)S(C)(=O)=O)c1ccccc1. The Morgan fingerprint density at radius 3 is 2.08 bits per heavy atom. The number of anilines is 2. The van der Waals surface area contributed by atoms with Crippen LogP contribution < -0.4 is 9.21 Å². The number of benzene rings is 2. The minimum Gasteiger partial charge on any atom is -0.315 e. The van der Waals surface area contributed by atoms with Crippen LogP contribution in [-0.2, 0) is 14.8 Å². The van der Waals surface area contributed by atoms with Crippen LogP contribution in [0.5, 0.6) is 0 Å². The number of halogens is 2. The number of hydrogen-bond acceptors (Lipinski definition) is 3. The van der Waals surface area contributed by atoms with Crippen LogP contribution in [0.25, 0.3) is 0 Å². The summed E-state index contributed by atoms with van der Waals surface area (Å²) in [5.41, 5.74) is -0.0457. The average Bonchev–Trinajstić information content (AvgIpc) is 2.56. The molecule has 0 saturated heterocycles. The van der Waals surface area contributed by atoms with Crippen molar-refractivity contribution in [1.29, 1.82) is 0 Å². The van der Waals surface area contributed by atoms with Crippen LogP contribution in [0.2, 0.25) is 0 Å². The molecule has 0 N–H and O–H groups in total. The van der Waals surface area contributed by atoms with Crippen LogP contribution in [-0.4, -0.2) is 34.2 Å². The number of amides is 1. The van der Waals surface area contributed by atoms with Gasteiger partial charge in [-0.05, 0) is 24.3 Å². The van der Waals surface area contributed by atoms with Gasteiger partial charge in [-0.1, -0.05) is 24.3 Å². The number of rotatable bonds is 6. The van der Waals surface area contributed by atoms with E-state index in [0.29, 0.717) is 9.99 Å². The van der Waals surface area contributed by atoms with Gasteiger partial charge in [0.1, 0.15) is 5.69 Å². The van der Waals surface area contributed by atoms with E-state index in [-0.39, 0.29) is 18.9 Å². The number of carbonyl (C=O) groups excluding carboxylic acids is 1. The topological polar surface area (TPSA) is 57.7 Å². The number of hydrogen-bond donors (Lipinski definition) is 0. The molecule has 8 heteroatoms. The normalized spacial score (nSPS) is 11.2. The van der Waals surface area contributed by atoms with Crippen molar-refractivity contribution in [3.8, 4) is 0 Å². The van der Waals surface area contributed by atoms with E-state index < -0.39 is 27.3 Å². The number of carbonyl (C=O) groups is 1. The molecule has 0 bridgehead atoms. The minimum atomic E-state index is -3.97. The van der Waals surface area contributed by atoms with Crippen molar-refractivity contribution < 1.29 is 22.0 Å². The monoisotopic (exact) mass is 368 g/mol. The van der Waals surface area contributed by atoms with Crippen LogP contribution in [0.4, 0.5) is 20.2 Å². The van der Waals surface area contributed by atoms with Gasteiger partial charge in [-0.25, -0.2) is 17.2 Å². The molecule has 0 aliphatic heterocycles. The maximum Gasteiger partial charge on any atom is 0.232 e. The maximum absolute atomic E-state index is 13.9. The Balaban J connectivity index is 2.21. The number of para-hydroxylation sites is 2. The molecule has 0 unspecified atom stereocenters. The Morgan fingerprint density at radius 2 is 1.56 bits per heavy atom. The van der Waals surface area contributed by atoms with E-state index in [1.807, 2.05) is 0 Å². The van der Waals surface area contributed by atoms with Gasteiger partial charge >= 0.3 is 0 Å². The summed E-state index contributed by atoms with van der Waals surface area (Å²) in [4.78, 5) is 13.7. The van der Waals surface area contributed by atoms with Crippen LogP contribution in [0.15, 0.2) is 48.5 Å². The largest absolute Gasteiger partial charge is 0.315 e. The zero-order valence-corrected chi connectivity index (χ0v) is 14.6. The Bertz CT molecular complexity index is 837. The molecule has 134 valence electrons. The Hall–Kier alpha value is -2.48. The van der Waals surface area contributed by atoms with E-state index in [9.17, 15) is 22.0 Å². The molecule has 0 heterocycles. The molecule has 25 heavy (non-hydrogen) atoms. The fraction of sp³-hybridized carbons (Fsp3) is 0.235. The first-order valence-electron chi connectivity index (χ1n) is 7.45. The number of nitrogens with zero attached hydrogens (tertiary/aromatic N) is 2. The quantitative estimate of drug-likeness (QED) is 0.788. The van der Waals surface area contributed by atoms with Crippen molar-refractivity contribution in [2.24, 2.45) is 0 Å². The van der Waals surface area contributed by atoms with Gasteiger partial charge in [0.25, 0.3) is 0 Å². The van der Waals surface area contributed by atoms with Crippen LogP contribution in [0.3, 0.4) is 0 Å². The molecule has 1 amide bonds. The highest BCUT2D eigenvalue weighted by Gasteiger charge is 2.25. The summed E-state index contributed by atoms with van der Waals surface area (Å²) in [5.74, 6) is -2.39. The lowest BCUT2D eigenvalue weighted by Crippen LogP contribution is -2.36. The fourth-order valence-electron chi connectivity index (χ4n) is 2.33. The summed E-state index contributed by atoms with van der Waals surface area (Å²) in [7, 11) is -2.42. The third-order valence-electron chi connectivity index (χ3n) is 3.63. The van der Waals surface area contributed by atoms with E-state index in [1.54, 1.807) is 37.4 Å². The molecule has 2 aromatic carbocycles. The first-order valence-corrected chi connectivity index (χ1v) is 9.30. The number of sulfonamides is 1. The highest BCUT2D eigenvalue weighted by atomic mass is 32.2. The second-order valence-corrected chi connectivity index (χ2v) is 7.35. The van der Waals surface area contributed by atoms with Crippen molar-refractivity contribution in [1.82, 2.24) is 0 Å². The van der Waals surface area contributed by atoms with Crippen molar-refractivity contribution >= 4 is 27.3 Å². The van der Waals surface area contributed by atoms with E-state index in [1.165, 1.54) is 4.90 Å². The lowest BCUT2D eigenvalue weighted by atomic mass is 10.2. The van der Waals surface area contributed by atoms with Crippen molar-refractivity contribution in [3.63, 3.8) is 0 Å². The third kappa shape index (κ3) is 4.54. The lowest BCUT2D eigenvalue weighted by molar-refractivity contribution is -0.118. The van der Waals surface area contributed by atoms with Gasteiger partial charge in [-0.2, -0.15) is 0 Å². The van der Waals surface area contributed by atoms with Crippen LogP contribution in [0, 0.1) is 11.6 Å². The smallest absolute Gasteiger partial charge is 0.232 e. The van der Waals surface area contributed by atoms with Crippen LogP contribution in [0.1, 0.15) is 6.42 Å². The van der Waals surface area contributed by atoms with Gasteiger partial charge in [-0.3, -0.25) is 9.10 Å². The molecule has 2 rings (SSSR count). The Labute approximate surface area is 145 Å². The van der Waals surface area contributed by atoms with E-state index in [2.05, 4.69) is 0 Å². The molecule has 0 atom stereocenters. The van der Waals surface area contributed by atoms with Gasteiger partial charge < -0.3 is 4.90 Å². The van der Waals surface area contributed by atoms with E-state index in [0.717, 1.165) is 24.5 Å². The van der Waals surface area contributed by atoms with Gasteiger partial charge in [0, 0.05) is 25.7 Å². The Morgan fingerprint density at radius 1 is 1.00 bits per heavy atom. The zero-order chi connectivity index (χ0) is 18.6. The first kappa shape index (κ1) is 18.9. The van der Waals surface area contributed by atoms with Crippen LogP contribution >= 0.6 is 0 Å². The summed E-state index contributed by atoms with van der Waals surface area (Å²) in [6, 6.07) is 11.8. The second-order valence-electron chi connectivity index (χ2n) is 5.44. The zero-order valence-electron chi connectivity index (χ0n) is 13.8. The van der Waals surface area contributed by atoms with Gasteiger partial charge in [0.15, 0.2) is 11.6 Å². The second kappa shape index (κ2) is 7.60. The molecular weight excluding hydrogens is 350 g/mol. The summed E-state index contributed by atoms with van der Waals surface area (Å²) in [6.45, 7) is -0.368. The molecule has 0 aromatic heterocycles. The molecule has 5 nitrogen and oxygen atoms in total. The van der Waals surface area contributed by atoms with Gasteiger partial charge in [0.2, 0.25) is 15.9 Å². The summed E-state index contributed by atoms with van der Waals surface area (Å²) >= 11 is 0. The molecule has 0 saturated carbocycles. The lowest BCUT2D eigenvalue weighted by Gasteiger charge is -2.24. The molecule has 0 fully saturated rings.